The van der Waals surface area contributed by atoms with Crippen LogP contribution < -0.4 is 15.5 Å². The molecule has 31 heavy (non-hydrogen) atoms. The van der Waals surface area contributed by atoms with Crippen molar-refractivity contribution >= 4 is 57.4 Å². The molecule has 1 aromatic carbocycles. The maximum Gasteiger partial charge on any atom is 0.344 e. The summed E-state index contributed by atoms with van der Waals surface area (Å²) in [5, 5.41) is 21.3. The lowest BCUT2D eigenvalue weighted by Gasteiger charge is -2.05. The van der Waals surface area contributed by atoms with E-state index in [2.05, 4.69) is 15.5 Å². The number of rotatable bonds is 7. The average molecular weight is 483 g/mol. The van der Waals surface area contributed by atoms with Crippen LogP contribution in [0.15, 0.2) is 44.1 Å². The maximum absolute atomic E-state index is 12.2. The van der Waals surface area contributed by atoms with E-state index >= 15 is 0 Å². The number of nitrogens with zero attached hydrogens (tertiary/aromatic N) is 3. The molecule has 0 spiro atoms. The Morgan fingerprint density at radius 1 is 1.35 bits per heavy atom. The van der Waals surface area contributed by atoms with Gasteiger partial charge in [-0.3, -0.25) is 19.7 Å². The topological polar surface area (TPSA) is 155 Å². The minimum absolute atomic E-state index is 0.137. The zero-order chi connectivity index (χ0) is 22.5. The number of carbonyl (C=O) groups is 2. The second-order valence-corrected chi connectivity index (χ2v) is 8.34. The van der Waals surface area contributed by atoms with Gasteiger partial charge in [-0.1, -0.05) is 34.7 Å². The highest BCUT2D eigenvalue weighted by Gasteiger charge is 2.19. The van der Waals surface area contributed by atoms with Crippen molar-refractivity contribution in [1.29, 1.82) is 0 Å². The molecular weight excluding hydrogens is 472 g/mol. The minimum Gasteiger partial charge on any atom is -0.464 e. The number of anilines is 1. The first-order valence-electron chi connectivity index (χ1n) is 8.24. The van der Waals surface area contributed by atoms with E-state index in [0.717, 1.165) is 29.7 Å². The van der Waals surface area contributed by atoms with Gasteiger partial charge in [-0.25, -0.2) is 4.79 Å². The summed E-state index contributed by atoms with van der Waals surface area (Å²) in [6, 6.07) is 4.52. The Bertz CT molecular complexity index is 1230. The second kappa shape index (κ2) is 9.68. The molecule has 0 saturated heterocycles. The molecule has 0 unspecified atom stereocenters. The smallest absolute Gasteiger partial charge is 0.344 e. The van der Waals surface area contributed by atoms with Gasteiger partial charge in [0.1, 0.15) is 17.0 Å². The molecule has 0 aliphatic heterocycles. The molecule has 1 N–H and O–H groups in total. The lowest BCUT2D eigenvalue weighted by atomic mass is 10.2. The number of nitro benzene ring substituents is 1. The third kappa shape index (κ3) is 5.87. The standard InChI is InChI=1S/C17H11ClN4O7S2/c1-8(23)19-16-20-21-17(31-16)30-7-10-5-13(24)14(6-28-10)29-15(25)9-2-3-11(18)12(4-9)22(26)27/h2-6H,7H2,1H3,(H,19,20,23). The maximum atomic E-state index is 12.2. The second-order valence-electron chi connectivity index (χ2n) is 5.73. The number of carbonyl (C=O) groups excluding carboxylic acids is 2. The number of halogens is 1. The summed E-state index contributed by atoms with van der Waals surface area (Å²) >= 11 is 8.10. The molecule has 0 fully saturated rings. The Labute approximate surface area is 186 Å². The van der Waals surface area contributed by atoms with Crippen LogP contribution in [-0.2, 0) is 10.5 Å². The molecule has 0 atom stereocenters. The fraction of sp³-hybridized carbons (Fsp3) is 0.118. The van der Waals surface area contributed by atoms with Crippen molar-refractivity contribution in [3.63, 3.8) is 0 Å². The Kier molecular flexibility index (Phi) is 6.99. The quantitative estimate of drug-likeness (QED) is 0.174. The summed E-state index contributed by atoms with van der Waals surface area (Å²) in [5.41, 5.74) is -1.23. The van der Waals surface area contributed by atoms with E-state index in [-0.39, 0.29) is 33.8 Å². The molecule has 0 radical (unpaired) electrons. The van der Waals surface area contributed by atoms with Gasteiger partial charge in [-0.05, 0) is 12.1 Å². The molecule has 14 heteroatoms. The zero-order valence-corrected chi connectivity index (χ0v) is 17.9. The van der Waals surface area contributed by atoms with Gasteiger partial charge in [-0.15, -0.1) is 10.2 Å². The molecule has 0 aliphatic rings. The van der Waals surface area contributed by atoms with E-state index in [1.165, 1.54) is 30.8 Å². The van der Waals surface area contributed by atoms with Crippen molar-refractivity contribution in [2.24, 2.45) is 0 Å². The number of ether oxygens (including phenoxy) is 1. The molecule has 2 aromatic heterocycles. The first-order valence-corrected chi connectivity index (χ1v) is 10.4. The van der Waals surface area contributed by atoms with Crippen LogP contribution in [0.5, 0.6) is 5.75 Å². The van der Waals surface area contributed by atoms with Crippen molar-refractivity contribution in [3.05, 3.63) is 67.2 Å². The number of aromatic nitrogens is 2. The number of esters is 1. The number of thioether (sulfide) groups is 1. The predicted molar refractivity (Wildman–Crippen MR) is 112 cm³/mol. The number of nitrogens with one attached hydrogen (secondary N) is 1. The van der Waals surface area contributed by atoms with Gasteiger partial charge in [-0.2, -0.15) is 0 Å². The Morgan fingerprint density at radius 2 is 2.13 bits per heavy atom. The minimum atomic E-state index is -0.978. The van der Waals surface area contributed by atoms with Gasteiger partial charge in [0.25, 0.3) is 5.69 Å². The van der Waals surface area contributed by atoms with E-state index in [9.17, 15) is 24.5 Å². The normalized spacial score (nSPS) is 10.5. The highest BCUT2D eigenvalue weighted by atomic mass is 35.5. The van der Waals surface area contributed by atoms with Crippen LogP contribution in [0.4, 0.5) is 10.8 Å². The molecule has 160 valence electrons. The predicted octanol–water partition coefficient (Wildman–Crippen LogP) is 3.52. The fourth-order valence-electron chi connectivity index (χ4n) is 2.13. The summed E-state index contributed by atoms with van der Waals surface area (Å²) in [5.74, 6) is -1.10. The summed E-state index contributed by atoms with van der Waals surface area (Å²) in [7, 11) is 0. The van der Waals surface area contributed by atoms with Crippen LogP contribution in [-0.4, -0.2) is 27.0 Å². The first kappa shape index (κ1) is 22.4. The lowest BCUT2D eigenvalue weighted by molar-refractivity contribution is -0.384. The Balaban J connectivity index is 1.65. The van der Waals surface area contributed by atoms with Gasteiger partial charge in [0.05, 0.1) is 16.2 Å². The molecule has 0 aliphatic carbocycles. The highest BCUT2D eigenvalue weighted by Crippen LogP contribution is 2.28. The van der Waals surface area contributed by atoms with Crippen LogP contribution in [0, 0.1) is 10.1 Å². The molecule has 2 heterocycles. The van der Waals surface area contributed by atoms with Crippen LogP contribution in [0.1, 0.15) is 23.0 Å². The zero-order valence-electron chi connectivity index (χ0n) is 15.5. The molecule has 0 saturated carbocycles. The number of hydrogen-bond donors (Lipinski definition) is 1. The van der Waals surface area contributed by atoms with E-state index in [0.29, 0.717) is 9.47 Å². The van der Waals surface area contributed by atoms with E-state index in [1.807, 2.05) is 0 Å². The molecule has 0 bridgehead atoms. The van der Waals surface area contributed by atoms with Crippen LogP contribution in [0.3, 0.4) is 0 Å². The van der Waals surface area contributed by atoms with Crippen molar-refractivity contribution in [3.8, 4) is 5.75 Å². The van der Waals surface area contributed by atoms with E-state index < -0.39 is 22.0 Å². The van der Waals surface area contributed by atoms with E-state index in [1.54, 1.807) is 0 Å². The fourth-order valence-corrected chi connectivity index (χ4v) is 4.00. The summed E-state index contributed by atoms with van der Waals surface area (Å²) in [6.07, 6.45) is 0.975. The van der Waals surface area contributed by atoms with Gasteiger partial charge in [0, 0.05) is 19.1 Å². The van der Waals surface area contributed by atoms with Gasteiger partial charge >= 0.3 is 5.97 Å². The third-order valence-corrected chi connectivity index (χ3v) is 5.77. The molecule has 11 nitrogen and oxygen atoms in total. The monoisotopic (exact) mass is 482 g/mol. The SMILES string of the molecule is CC(=O)Nc1nnc(SCc2cc(=O)c(OC(=O)c3ccc(Cl)c([N+](=O)[O-])c3)co2)s1. The largest absolute Gasteiger partial charge is 0.464 e. The van der Waals surface area contributed by atoms with Crippen LogP contribution >= 0.6 is 34.7 Å². The average Bonchev–Trinajstić information content (AvgIpc) is 3.14. The molecule has 3 rings (SSSR count). The van der Waals surface area contributed by atoms with Crippen molar-refractivity contribution in [2.45, 2.75) is 17.0 Å². The molecule has 3 aromatic rings. The first-order chi connectivity index (χ1) is 14.7. The lowest BCUT2D eigenvalue weighted by Crippen LogP contribution is -2.15. The summed E-state index contributed by atoms with van der Waals surface area (Å²) < 4.78 is 10.8. The van der Waals surface area contributed by atoms with Gasteiger partial charge < -0.3 is 14.5 Å². The van der Waals surface area contributed by atoms with Gasteiger partial charge in [0.2, 0.25) is 22.2 Å². The van der Waals surface area contributed by atoms with Crippen molar-refractivity contribution in [1.82, 2.24) is 10.2 Å². The molecular formula is C17H11ClN4O7S2. The number of hydrogen-bond acceptors (Lipinski definition) is 11. The number of benzene rings is 1. The summed E-state index contributed by atoms with van der Waals surface area (Å²) in [4.78, 5) is 45.6. The summed E-state index contributed by atoms with van der Waals surface area (Å²) in [6.45, 7) is 1.35. The van der Waals surface area contributed by atoms with Gasteiger partial charge in [0.15, 0.2) is 4.34 Å². The van der Waals surface area contributed by atoms with E-state index in [4.69, 9.17) is 20.8 Å². The van der Waals surface area contributed by atoms with Crippen molar-refractivity contribution < 1.29 is 23.7 Å². The highest BCUT2D eigenvalue weighted by molar-refractivity contribution is 8.00. The van der Waals surface area contributed by atoms with Crippen LogP contribution in [0.25, 0.3) is 0 Å². The Morgan fingerprint density at radius 3 is 2.81 bits per heavy atom. The number of nitro groups is 1. The van der Waals surface area contributed by atoms with Crippen LogP contribution in [0.2, 0.25) is 5.02 Å². The number of amides is 1. The van der Waals surface area contributed by atoms with Crippen molar-refractivity contribution in [2.75, 3.05) is 5.32 Å². The Hall–Kier alpha value is -3.29. The third-order valence-electron chi connectivity index (χ3n) is 3.46. The molecule has 1 amide bonds.